The molecule has 18 heavy (non-hydrogen) atoms. The summed E-state index contributed by atoms with van der Waals surface area (Å²) in [5, 5.41) is 12.9. The van der Waals surface area contributed by atoms with E-state index in [1.165, 1.54) is 5.56 Å². The number of aromatic nitrogens is 1. The van der Waals surface area contributed by atoms with Crippen LogP contribution in [-0.2, 0) is 4.79 Å². The maximum Gasteiger partial charge on any atom is 0.323 e. The van der Waals surface area contributed by atoms with Gasteiger partial charge in [-0.2, -0.15) is 0 Å². The standard InChI is InChI=1S/C13H20N2O2S/c1-9-7-10(2)15-11(8-9)18-6-5-13(3,14-4)12(16)17/h7-8,14H,5-6H2,1-4H3,(H,16,17). The lowest BCUT2D eigenvalue weighted by atomic mass is 10.00. The second-order valence-corrected chi connectivity index (χ2v) is 5.73. The molecule has 0 aliphatic carbocycles. The number of carbonyl (C=O) groups is 1. The maximum atomic E-state index is 11.1. The van der Waals surface area contributed by atoms with Crippen LogP contribution in [0.5, 0.6) is 0 Å². The third kappa shape index (κ3) is 3.99. The molecule has 1 rings (SSSR count). The molecule has 0 aliphatic rings. The van der Waals surface area contributed by atoms with Gasteiger partial charge in [0.2, 0.25) is 0 Å². The fraction of sp³-hybridized carbons (Fsp3) is 0.538. The van der Waals surface area contributed by atoms with E-state index >= 15 is 0 Å². The van der Waals surface area contributed by atoms with Gasteiger partial charge in [-0.05, 0) is 51.9 Å². The van der Waals surface area contributed by atoms with E-state index < -0.39 is 11.5 Å². The van der Waals surface area contributed by atoms with Crippen molar-refractivity contribution in [1.82, 2.24) is 10.3 Å². The Labute approximate surface area is 112 Å². The van der Waals surface area contributed by atoms with Gasteiger partial charge in [-0.3, -0.25) is 4.79 Å². The van der Waals surface area contributed by atoms with Gasteiger partial charge >= 0.3 is 5.97 Å². The summed E-state index contributed by atoms with van der Waals surface area (Å²) in [6.45, 7) is 5.70. The van der Waals surface area contributed by atoms with Crippen LogP contribution >= 0.6 is 11.8 Å². The van der Waals surface area contributed by atoms with Crippen molar-refractivity contribution in [3.05, 3.63) is 23.4 Å². The Morgan fingerprint density at radius 2 is 2.17 bits per heavy atom. The lowest BCUT2D eigenvalue weighted by molar-refractivity contribution is -0.144. The Balaban J connectivity index is 2.58. The van der Waals surface area contributed by atoms with E-state index in [1.807, 2.05) is 26.0 Å². The van der Waals surface area contributed by atoms with Gasteiger partial charge < -0.3 is 10.4 Å². The molecule has 1 aromatic rings. The van der Waals surface area contributed by atoms with Crippen LogP contribution in [0.3, 0.4) is 0 Å². The highest BCUT2D eigenvalue weighted by molar-refractivity contribution is 7.99. The Morgan fingerprint density at radius 1 is 1.50 bits per heavy atom. The topological polar surface area (TPSA) is 62.2 Å². The number of carboxylic acids is 1. The van der Waals surface area contributed by atoms with Gasteiger partial charge in [-0.25, -0.2) is 4.98 Å². The quantitative estimate of drug-likeness (QED) is 0.775. The van der Waals surface area contributed by atoms with Crippen molar-refractivity contribution in [2.45, 2.75) is 37.8 Å². The molecular formula is C13H20N2O2S. The number of aliphatic carboxylic acids is 1. The SMILES string of the molecule is CNC(C)(CCSc1cc(C)cc(C)n1)C(=O)O. The first kappa shape index (κ1) is 15.0. The molecule has 0 fully saturated rings. The zero-order chi connectivity index (χ0) is 13.8. The molecule has 4 nitrogen and oxygen atoms in total. The van der Waals surface area contributed by atoms with Crippen LogP contribution < -0.4 is 5.32 Å². The maximum absolute atomic E-state index is 11.1. The number of rotatable bonds is 6. The van der Waals surface area contributed by atoms with Crippen LogP contribution in [0, 0.1) is 13.8 Å². The molecule has 0 aromatic carbocycles. The zero-order valence-electron chi connectivity index (χ0n) is 11.3. The number of aryl methyl sites for hydroxylation is 2. The highest BCUT2D eigenvalue weighted by Crippen LogP contribution is 2.21. The molecule has 1 aromatic heterocycles. The van der Waals surface area contributed by atoms with Crippen molar-refractivity contribution < 1.29 is 9.90 Å². The summed E-state index contributed by atoms with van der Waals surface area (Å²) in [6.07, 6.45) is 0.554. The lowest BCUT2D eigenvalue weighted by Gasteiger charge is -2.23. The second kappa shape index (κ2) is 6.20. The van der Waals surface area contributed by atoms with Crippen molar-refractivity contribution in [2.75, 3.05) is 12.8 Å². The Morgan fingerprint density at radius 3 is 2.67 bits per heavy atom. The van der Waals surface area contributed by atoms with Gasteiger partial charge in [0.1, 0.15) is 5.54 Å². The number of hydrogen-bond donors (Lipinski definition) is 2. The van der Waals surface area contributed by atoms with Crippen molar-refractivity contribution in [1.29, 1.82) is 0 Å². The second-order valence-electron chi connectivity index (χ2n) is 4.61. The molecule has 0 spiro atoms. The molecule has 1 unspecified atom stereocenters. The summed E-state index contributed by atoms with van der Waals surface area (Å²) in [5.41, 5.74) is 1.30. The molecule has 0 radical (unpaired) electrons. The average Bonchev–Trinajstić information content (AvgIpc) is 2.27. The normalized spacial score (nSPS) is 14.2. The molecular weight excluding hydrogens is 248 g/mol. The monoisotopic (exact) mass is 268 g/mol. The number of pyridine rings is 1. The Bertz CT molecular complexity index is 417. The molecule has 5 heteroatoms. The molecule has 0 amide bonds. The van der Waals surface area contributed by atoms with Crippen LogP contribution in [0.1, 0.15) is 24.6 Å². The number of nitrogens with one attached hydrogen (secondary N) is 1. The third-order valence-corrected chi connectivity index (χ3v) is 3.86. The van der Waals surface area contributed by atoms with Gasteiger partial charge in [0.15, 0.2) is 0 Å². The molecule has 1 atom stereocenters. The molecule has 0 saturated heterocycles. The van der Waals surface area contributed by atoms with Gasteiger partial charge in [0.25, 0.3) is 0 Å². The molecule has 1 heterocycles. The van der Waals surface area contributed by atoms with Gasteiger partial charge in [0.05, 0.1) is 5.03 Å². The highest BCUT2D eigenvalue weighted by atomic mass is 32.2. The average molecular weight is 268 g/mol. The minimum atomic E-state index is -0.869. The number of likely N-dealkylation sites (N-methyl/N-ethyl adjacent to an activating group) is 1. The van der Waals surface area contributed by atoms with Crippen LogP contribution in [0.2, 0.25) is 0 Å². The Hall–Kier alpha value is -1.07. The van der Waals surface area contributed by atoms with E-state index in [0.29, 0.717) is 6.42 Å². The zero-order valence-corrected chi connectivity index (χ0v) is 12.1. The number of thioether (sulfide) groups is 1. The van der Waals surface area contributed by atoms with Crippen molar-refractivity contribution in [3.8, 4) is 0 Å². The van der Waals surface area contributed by atoms with Crippen LogP contribution in [0.15, 0.2) is 17.2 Å². The van der Waals surface area contributed by atoms with Crippen molar-refractivity contribution >= 4 is 17.7 Å². The molecule has 100 valence electrons. The fourth-order valence-electron chi connectivity index (χ4n) is 1.58. The van der Waals surface area contributed by atoms with Gasteiger partial charge in [-0.1, -0.05) is 0 Å². The first-order chi connectivity index (χ1) is 8.37. The largest absolute Gasteiger partial charge is 0.480 e. The summed E-state index contributed by atoms with van der Waals surface area (Å²) < 4.78 is 0. The number of carboxylic acid groups (broad SMARTS) is 1. The van der Waals surface area contributed by atoms with Gasteiger partial charge in [-0.15, -0.1) is 11.8 Å². The fourth-order valence-corrected chi connectivity index (χ4v) is 2.77. The first-order valence-corrected chi connectivity index (χ1v) is 6.86. The predicted octanol–water partition coefficient (Wildman–Crippen LogP) is 2.24. The summed E-state index contributed by atoms with van der Waals surface area (Å²) >= 11 is 1.59. The summed E-state index contributed by atoms with van der Waals surface area (Å²) in [7, 11) is 1.67. The van der Waals surface area contributed by atoms with E-state index in [-0.39, 0.29) is 0 Å². The Kier molecular flexibility index (Phi) is 5.16. The minimum Gasteiger partial charge on any atom is -0.480 e. The molecule has 0 bridgehead atoms. The first-order valence-electron chi connectivity index (χ1n) is 5.88. The van der Waals surface area contributed by atoms with E-state index in [1.54, 1.807) is 25.7 Å². The smallest absolute Gasteiger partial charge is 0.323 e. The van der Waals surface area contributed by atoms with E-state index in [2.05, 4.69) is 10.3 Å². The number of hydrogen-bond acceptors (Lipinski definition) is 4. The molecule has 2 N–H and O–H groups in total. The van der Waals surface area contributed by atoms with Gasteiger partial charge in [0, 0.05) is 11.4 Å². The third-order valence-electron chi connectivity index (χ3n) is 2.95. The van der Waals surface area contributed by atoms with Crippen molar-refractivity contribution in [2.24, 2.45) is 0 Å². The van der Waals surface area contributed by atoms with Crippen LogP contribution in [-0.4, -0.2) is 34.4 Å². The molecule has 0 saturated carbocycles. The van der Waals surface area contributed by atoms with E-state index in [0.717, 1.165) is 16.5 Å². The van der Waals surface area contributed by atoms with Crippen LogP contribution in [0.25, 0.3) is 0 Å². The van der Waals surface area contributed by atoms with Crippen LogP contribution in [0.4, 0.5) is 0 Å². The van der Waals surface area contributed by atoms with E-state index in [9.17, 15) is 4.79 Å². The van der Waals surface area contributed by atoms with E-state index in [4.69, 9.17) is 5.11 Å². The predicted molar refractivity (Wildman–Crippen MR) is 74.2 cm³/mol. The molecule has 0 aliphatic heterocycles. The van der Waals surface area contributed by atoms with Crippen molar-refractivity contribution in [3.63, 3.8) is 0 Å². The highest BCUT2D eigenvalue weighted by Gasteiger charge is 2.30. The lowest BCUT2D eigenvalue weighted by Crippen LogP contribution is -2.47. The number of nitrogens with zero attached hydrogens (tertiary/aromatic N) is 1. The summed E-state index contributed by atoms with van der Waals surface area (Å²) in [6, 6.07) is 4.05. The summed E-state index contributed by atoms with van der Waals surface area (Å²) in [5.74, 6) is -0.0986. The summed E-state index contributed by atoms with van der Waals surface area (Å²) in [4.78, 5) is 15.5. The minimum absolute atomic E-state index is 0.554.